The molecule has 0 bridgehead atoms. The summed E-state index contributed by atoms with van der Waals surface area (Å²) in [5, 5.41) is 28.7. The molecule has 37 heavy (non-hydrogen) atoms. The van der Waals surface area contributed by atoms with E-state index >= 15 is 0 Å². The number of amides is 2. The highest BCUT2D eigenvalue weighted by Crippen LogP contribution is 2.26. The summed E-state index contributed by atoms with van der Waals surface area (Å²) in [6.45, 7) is 0. The second kappa shape index (κ2) is 11.6. The summed E-state index contributed by atoms with van der Waals surface area (Å²) >= 11 is 2.87. The van der Waals surface area contributed by atoms with Crippen LogP contribution in [-0.2, 0) is 28.9 Å². The third-order valence-corrected chi connectivity index (χ3v) is 7.20. The third kappa shape index (κ3) is 6.69. The Bertz CT molecular complexity index is 1450. The van der Waals surface area contributed by atoms with Crippen LogP contribution in [0, 0.1) is 0 Å². The van der Waals surface area contributed by atoms with Gasteiger partial charge in [0.05, 0.1) is 35.3 Å². The molecule has 10 heteroatoms. The van der Waals surface area contributed by atoms with E-state index in [1.165, 1.54) is 40.9 Å². The second-order valence-electron chi connectivity index (χ2n) is 8.12. The lowest BCUT2D eigenvalue weighted by atomic mass is 9.96. The topological polar surface area (TPSA) is 133 Å². The van der Waals surface area contributed by atoms with Gasteiger partial charge in [-0.3, -0.25) is 9.59 Å². The Morgan fingerprint density at radius 3 is 1.86 bits per heavy atom. The summed E-state index contributed by atoms with van der Waals surface area (Å²) in [7, 11) is 0. The first-order chi connectivity index (χ1) is 17.8. The van der Waals surface area contributed by atoms with Crippen molar-refractivity contribution in [3.8, 4) is 0 Å². The van der Waals surface area contributed by atoms with E-state index in [-0.39, 0.29) is 53.6 Å². The third-order valence-electron chi connectivity index (χ3n) is 5.45. The average molecular weight is 535 g/mol. The van der Waals surface area contributed by atoms with Crippen molar-refractivity contribution in [3.63, 3.8) is 0 Å². The number of anilines is 2. The van der Waals surface area contributed by atoms with Crippen molar-refractivity contribution in [1.82, 2.24) is 0 Å². The Morgan fingerprint density at radius 2 is 1.32 bits per heavy atom. The van der Waals surface area contributed by atoms with Gasteiger partial charge in [-0.1, -0.05) is 30.3 Å². The van der Waals surface area contributed by atoms with E-state index in [2.05, 4.69) is 10.6 Å². The van der Waals surface area contributed by atoms with Gasteiger partial charge in [0.1, 0.15) is 0 Å². The summed E-state index contributed by atoms with van der Waals surface area (Å²) in [5.74, 6) is -3.10. The fraction of sp³-hybridized carbons (Fsp3) is 0.111. The van der Waals surface area contributed by atoms with Crippen LogP contribution in [0.15, 0.2) is 71.4 Å². The maximum Gasteiger partial charge on any atom is 0.338 e. The molecule has 0 aliphatic heterocycles. The smallest absolute Gasteiger partial charge is 0.338 e. The molecule has 4 rings (SSSR count). The van der Waals surface area contributed by atoms with E-state index in [4.69, 9.17) is 0 Å². The predicted octanol–water partition coefficient (Wildman–Crippen LogP) is 5.16. The quantitative estimate of drug-likeness (QED) is 0.222. The number of carboxylic acid groups (broad SMARTS) is 2. The van der Waals surface area contributed by atoms with Crippen molar-refractivity contribution < 1.29 is 29.4 Å². The van der Waals surface area contributed by atoms with Gasteiger partial charge in [-0.2, -0.15) is 0 Å². The number of aromatic carboxylic acids is 2. The number of carboxylic acids is 2. The van der Waals surface area contributed by atoms with Gasteiger partial charge in [-0.25, -0.2) is 9.59 Å². The standard InChI is InChI=1S/C27H22N2O6S2/c30-23(14-18-5-2-10-36-18)28-21-9-8-16(13-20(21)26(32)33)12-17-4-1-7-22(25(17)27(34)35)29-24(31)15-19-6-3-11-37-19/h1-11,13H,12,14-15H2,(H,28,30)(H,29,31)(H,32,33)(H,34,35). The van der Waals surface area contributed by atoms with Crippen LogP contribution >= 0.6 is 22.7 Å². The number of hydrogen-bond acceptors (Lipinski definition) is 6. The van der Waals surface area contributed by atoms with E-state index in [1.54, 1.807) is 18.2 Å². The van der Waals surface area contributed by atoms with E-state index in [0.717, 1.165) is 9.75 Å². The molecule has 4 N–H and O–H groups in total. The monoisotopic (exact) mass is 534 g/mol. The minimum atomic E-state index is -1.22. The lowest BCUT2D eigenvalue weighted by Gasteiger charge is -2.14. The van der Waals surface area contributed by atoms with E-state index in [0.29, 0.717) is 11.1 Å². The molecule has 188 valence electrons. The van der Waals surface area contributed by atoms with Gasteiger partial charge in [0.25, 0.3) is 0 Å². The normalized spacial score (nSPS) is 10.6. The second-order valence-corrected chi connectivity index (χ2v) is 10.2. The molecule has 0 saturated carbocycles. The number of benzene rings is 2. The van der Waals surface area contributed by atoms with Crippen molar-refractivity contribution in [3.05, 3.63) is 103 Å². The van der Waals surface area contributed by atoms with Crippen LogP contribution in [0.3, 0.4) is 0 Å². The summed E-state index contributed by atoms with van der Waals surface area (Å²) in [4.78, 5) is 50.6. The van der Waals surface area contributed by atoms with Gasteiger partial charge in [0.15, 0.2) is 0 Å². The van der Waals surface area contributed by atoms with Gasteiger partial charge in [0, 0.05) is 9.75 Å². The minimum Gasteiger partial charge on any atom is -0.478 e. The van der Waals surface area contributed by atoms with Crippen LogP contribution in [0.4, 0.5) is 11.4 Å². The Balaban J connectivity index is 1.55. The van der Waals surface area contributed by atoms with Gasteiger partial charge in [0.2, 0.25) is 11.8 Å². The van der Waals surface area contributed by atoms with Crippen molar-refractivity contribution in [2.45, 2.75) is 19.3 Å². The van der Waals surface area contributed by atoms with Gasteiger partial charge in [-0.15, -0.1) is 22.7 Å². The van der Waals surface area contributed by atoms with Crippen LogP contribution in [0.25, 0.3) is 0 Å². The highest BCUT2D eigenvalue weighted by Gasteiger charge is 2.19. The number of nitrogens with one attached hydrogen (secondary N) is 2. The highest BCUT2D eigenvalue weighted by atomic mass is 32.1. The SMILES string of the molecule is O=C(Cc1cccs1)Nc1ccc(Cc2cccc(NC(=O)Cc3cccs3)c2C(=O)O)cc1C(=O)O. The average Bonchev–Trinajstić information content (AvgIpc) is 3.54. The number of hydrogen-bond donors (Lipinski definition) is 4. The molecule has 0 aliphatic carbocycles. The Morgan fingerprint density at radius 1 is 0.703 bits per heavy atom. The maximum absolute atomic E-state index is 12.5. The summed E-state index contributed by atoms with van der Waals surface area (Å²) in [6, 6.07) is 16.7. The predicted molar refractivity (Wildman–Crippen MR) is 143 cm³/mol. The molecule has 4 aromatic rings. The lowest BCUT2D eigenvalue weighted by Crippen LogP contribution is -2.18. The number of rotatable bonds is 10. The van der Waals surface area contributed by atoms with Crippen LogP contribution in [0.5, 0.6) is 0 Å². The maximum atomic E-state index is 12.5. The lowest BCUT2D eigenvalue weighted by molar-refractivity contribution is -0.116. The number of carbonyl (C=O) groups excluding carboxylic acids is 2. The zero-order chi connectivity index (χ0) is 26.4. The summed E-state index contributed by atoms with van der Waals surface area (Å²) in [6.07, 6.45) is 0.369. The molecular weight excluding hydrogens is 512 g/mol. The molecule has 0 atom stereocenters. The van der Waals surface area contributed by atoms with E-state index in [9.17, 15) is 29.4 Å². The zero-order valence-corrected chi connectivity index (χ0v) is 21.0. The fourth-order valence-electron chi connectivity index (χ4n) is 3.84. The molecule has 2 amide bonds. The summed E-state index contributed by atoms with van der Waals surface area (Å²) < 4.78 is 0. The highest BCUT2D eigenvalue weighted by molar-refractivity contribution is 7.10. The van der Waals surface area contributed by atoms with Gasteiger partial charge < -0.3 is 20.8 Å². The molecular formula is C27H22N2O6S2. The molecule has 0 fully saturated rings. The van der Waals surface area contributed by atoms with E-state index < -0.39 is 11.9 Å². The Hall–Kier alpha value is -4.28. The molecule has 8 nitrogen and oxygen atoms in total. The minimum absolute atomic E-state index is 0.0627. The molecule has 2 heterocycles. The van der Waals surface area contributed by atoms with Gasteiger partial charge in [-0.05, 0) is 58.6 Å². The van der Waals surface area contributed by atoms with E-state index in [1.807, 2.05) is 35.0 Å². The first-order valence-electron chi connectivity index (χ1n) is 11.2. The van der Waals surface area contributed by atoms with Crippen LogP contribution in [0.1, 0.15) is 41.6 Å². The fourth-order valence-corrected chi connectivity index (χ4v) is 5.25. The largest absolute Gasteiger partial charge is 0.478 e. The molecule has 0 aliphatic rings. The Labute approximate surface area is 220 Å². The molecule has 0 spiro atoms. The first-order valence-corrected chi connectivity index (χ1v) is 12.9. The Kier molecular flexibility index (Phi) is 8.11. The molecule has 0 saturated heterocycles. The van der Waals surface area contributed by atoms with Crippen LogP contribution in [0.2, 0.25) is 0 Å². The molecule has 0 radical (unpaired) electrons. The van der Waals surface area contributed by atoms with Crippen LogP contribution in [-0.4, -0.2) is 34.0 Å². The number of carbonyl (C=O) groups is 4. The van der Waals surface area contributed by atoms with Crippen molar-refractivity contribution >= 4 is 57.8 Å². The molecule has 0 unspecified atom stereocenters. The van der Waals surface area contributed by atoms with Crippen molar-refractivity contribution in [2.24, 2.45) is 0 Å². The van der Waals surface area contributed by atoms with Crippen molar-refractivity contribution in [1.29, 1.82) is 0 Å². The zero-order valence-electron chi connectivity index (χ0n) is 19.4. The van der Waals surface area contributed by atoms with Crippen molar-refractivity contribution in [2.75, 3.05) is 10.6 Å². The van der Waals surface area contributed by atoms with Crippen LogP contribution < -0.4 is 10.6 Å². The molecule has 2 aromatic carbocycles. The molecule has 2 aromatic heterocycles. The van der Waals surface area contributed by atoms with Gasteiger partial charge >= 0.3 is 11.9 Å². The first kappa shape index (κ1) is 25.8. The number of thiophene rings is 2. The summed E-state index contributed by atoms with van der Waals surface area (Å²) in [5.41, 5.74) is 1.11.